The summed E-state index contributed by atoms with van der Waals surface area (Å²) in [5.41, 5.74) is 7.40. The van der Waals surface area contributed by atoms with Crippen LogP contribution >= 0.6 is 0 Å². The van der Waals surface area contributed by atoms with Crippen molar-refractivity contribution in [3.05, 3.63) is 34.9 Å². The Bertz CT molecular complexity index is 559. The highest BCUT2D eigenvalue weighted by atomic mass is 16.6. The van der Waals surface area contributed by atoms with E-state index in [1.807, 2.05) is 0 Å². The summed E-state index contributed by atoms with van der Waals surface area (Å²) in [6.07, 6.45) is 0.350. The molecule has 0 amide bonds. The average Bonchev–Trinajstić information content (AvgIpc) is 2.64. The van der Waals surface area contributed by atoms with Crippen LogP contribution in [0.1, 0.15) is 48.3 Å². The lowest BCUT2D eigenvalue weighted by Gasteiger charge is -2.19. The maximum Gasteiger partial charge on any atom is 0.338 e. The first-order chi connectivity index (χ1) is 9.19. The summed E-state index contributed by atoms with van der Waals surface area (Å²) in [6.45, 7) is 5.40. The van der Waals surface area contributed by atoms with Gasteiger partial charge in [-0.05, 0) is 50.5 Å². The molecule has 0 aromatic heterocycles. The molecule has 0 heterocycles. The second-order valence-corrected chi connectivity index (χ2v) is 6.09. The molecule has 0 saturated heterocycles. The third-order valence-electron chi connectivity index (χ3n) is 3.33. The summed E-state index contributed by atoms with van der Waals surface area (Å²) in [5.74, 6) is -1.95. The van der Waals surface area contributed by atoms with Crippen LogP contribution in [0, 0.1) is 5.92 Å². The van der Waals surface area contributed by atoms with E-state index < -0.39 is 29.5 Å². The van der Waals surface area contributed by atoms with E-state index in [0.29, 0.717) is 12.0 Å². The topological polar surface area (TPSA) is 89.6 Å². The van der Waals surface area contributed by atoms with Crippen LogP contribution in [0.25, 0.3) is 0 Å². The van der Waals surface area contributed by atoms with Crippen LogP contribution in [-0.4, -0.2) is 22.6 Å². The molecule has 1 aliphatic rings. The number of rotatable bonds is 2. The second-order valence-electron chi connectivity index (χ2n) is 6.09. The maximum absolute atomic E-state index is 12.0. The lowest BCUT2D eigenvalue weighted by molar-refractivity contribution is -0.142. The Balaban J connectivity index is 2.25. The summed E-state index contributed by atoms with van der Waals surface area (Å²) in [6, 6.07) is 4.53. The third kappa shape index (κ3) is 2.82. The number of esters is 1. The van der Waals surface area contributed by atoms with E-state index in [0.717, 1.165) is 11.1 Å². The van der Waals surface area contributed by atoms with Crippen molar-refractivity contribution in [2.24, 2.45) is 11.7 Å². The second kappa shape index (κ2) is 4.90. The van der Waals surface area contributed by atoms with Gasteiger partial charge >= 0.3 is 11.9 Å². The predicted octanol–water partition coefficient (Wildman–Crippen LogP) is 1.90. The van der Waals surface area contributed by atoms with Crippen molar-refractivity contribution in [2.45, 2.75) is 38.8 Å². The minimum absolute atomic E-state index is 0.350. The van der Waals surface area contributed by atoms with Gasteiger partial charge in [0.05, 0.1) is 11.5 Å². The van der Waals surface area contributed by atoms with Crippen molar-refractivity contribution in [1.82, 2.24) is 0 Å². The van der Waals surface area contributed by atoms with Crippen molar-refractivity contribution < 1.29 is 19.4 Å². The van der Waals surface area contributed by atoms with Crippen molar-refractivity contribution in [3.8, 4) is 0 Å². The molecule has 0 aliphatic heterocycles. The van der Waals surface area contributed by atoms with Gasteiger partial charge in [0, 0.05) is 6.04 Å². The third-order valence-corrected chi connectivity index (χ3v) is 3.33. The molecule has 1 aromatic carbocycles. The molecule has 2 atom stereocenters. The van der Waals surface area contributed by atoms with E-state index in [1.165, 1.54) is 0 Å². The number of carbonyl (C=O) groups is 2. The molecule has 0 saturated carbocycles. The van der Waals surface area contributed by atoms with Gasteiger partial charge in [-0.3, -0.25) is 4.79 Å². The maximum atomic E-state index is 12.0. The van der Waals surface area contributed by atoms with Crippen LogP contribution in [0.15, 0.2) is 18.2 Å². The molecule has 5 heteroatoms. The highest BCUT2D eigenvalue weighted by molar-refractivity contribution is 5.90. The molecule has 1 aromatic rings. The summed E-state index contributed by atoms with van der Waals surface area (Å²) >= 11 is 0. The number of fused-ring (bicyclic) bond motifs is 1. The number of aliphatic carboxylic acids is 1. The minimum Gasteiger partial charge on any atom is -0.481 e. The molecule has 3 N–H and O–H groups in total. The Morgan fingerprint density at radius 2 is 2.00 bits per heavy atom. The van der Waals surface area contributed by atoms with Gasteiger partial charge in [-0.1, -0.05) is 6.07 Å². The van der Waals surface area contributed by atoms with E-state index >= 15 is 0 Å². The first kappa shape index (κ1) is 14.5. The van der Waals surface area contributed by atoms with Gasteiger partial charge in [-0.25, -0.2) is 4.79 Å². The molecule has 0 radical (unpaired) electrons. The number of benzene rings is 1. The number of ether oxygens (including phenoxy) is 1. The van der Waals surface area contributed by atoms with Crippen LogP contribution in [-0.2, 0) is 16.0 Å². The van der Waals surface area contributed by atoms with Gasteiger partial charge in [0.25, 0.3) is 0 Å². The van der Waals surface area contributed by atoms with Gasteiger partial charge in [-0.2, -0.15) is 0 Å². The molecule has 20 heavy (non-hydrogen) atoms. The largest absolute Gasteiger partial charge is 0.481 e. The predicted molar refractivity (Wildman–Crippen MR) is 73.4 cm³/mol. The molecule has 0 spiro atoms. The van der Waals surface area contributed by atoms with Crippen molar-refractivity contribution in [2.75, 3.05) is 0 Å². The number of hydrogen-bond donors (Lipinski definition) is 2. The quantitative estimate of drug-likeness (QED) is 0.806. The van der Waals surface area contributed by atoms with Crippen LogP contribution in [0.4, 0.5) is 0 Å². The monoisotopic (exact) mass is 277 g/mol. The van der Waals surface area contributed by atoms with Gasteiger partial charge in [-0.15, -0.1) is 0 Å². The summed E-state index contributed by atoms with van der Waals surface area (Å²) in [5, 5.41) is 9.12. The number of carboxylic acids is 1. The smallest absolute Gasteiger partial charge is 0.338 e. The van der Waals surface area contributed by atoms with Gasteiger partial charge in [0.1, 0.15) is 5.60 Å². The summed E-state index contributed by atoms with van der Waals surface area (Å²) in [4.78, 5) is 23.1. The van der Waals surface area contributed by atoms with Crippen LogP contribution in [0.5, 0.6) is 0 Å². The van der Waals surface area contributed by atoms with Crippen LogP contribution in [0.2, 0.25) is 0 Å². The number of nitrogens with two attached hydrogens (primary N) is 1. The zero-order valence-electron chi connectivity index (χ0n) is 11.8. The summed E-state index contributed by atoms with van der Waals surface area (Å²) < 4.78 is 5.30. The van der Waals surface area contributed by atoms with Crippen molar-refractivity contribution in [3.63, 3.8) is 0 Å². The van der Waals surface area contributed by atoms with Crippen molar-refractivity contribution in [1.29, 1.82) is 0 Å². The van der Waals surface area contributed by atoms with Gasteiger partial charge < -0.3 is 15.6 Å². The normalized spacial score (nSPS) is 21.4. The fourth-order valence-corrected chi connectivity index (χ4v) is 2.39. The molecule has 2 unspecified atom stereocenters. The highest BCUT2D eigenvalue weighted by Crippen LogP contribution is 2.35. The molecule has 0 fully saturated rings. The zero-order valence-corrected chi connectivity index (χ0v) is 11.8. The molecular weight excluding hydrogens is 258 g/mol. The fraction of sp³-hybridized carbons (Fsp3) is 0.467. The van der Waals surface area contributed by atoms with Crippen LogP contribution < -0.4 is 5.73 Å². The first-order valence-corrected chi connectivity index (χ1v) is 6.53. The Hall–Kier alpha value is -1.88. The Morgan fingerprint density at radius 1 is 1.35 bits per heavy atom. The summed E-state index contributed by atoms with van der Waals surface area (Å²) in [7, 11) is 0. The number of hydrogen-bond acceptors (Lipinski definition) is 4. The lowest BCUT2D eigenvalue weighted by Crippen LogP contribution is -2.24. The first-order valence-electron chi connectivity index (χ1n) is 6.53. The molecule has 0 bridgehead atoms. The molecule has 5 nitrogen and oxygen atoms in total. The molecular formula is C15H19NO4. The average molecular weight is 277 g/mol. The number of carboxylic acid groups (broad SMARTS) is 1. The van der Waals surface area contributed by atoms with E-state index in [-0.39, 0.29) is 0 Å². The minimum atomic E-state index is -0.910. The standard InChI is InChI=1S/C15H19NO4/c1-15(2,3)20-14(19)8-4-5-10-9(6-8)7-11(12(10)16)13(17)18/h4-6,11-12H,7,16H2,1-3H3,(H,17,18). The van der Waals surface area contributed by atoms with E-state index in [9.17, 15) is 9.59 Å². The van der Waals surface area contributed by atoms with Crippen LogP contribution in [0.3, 0.4) is 0 Å². The fourth-order valence-electron chi connectivity index (χ4n) is 2.39. The molecule has 2 rings (SSSR count). The van der Waals surface area contributed by atoms with E-state index in [2.05, 4.69) is 0 Å². The SMILES string of the molecule is CC(C)(C)OC(=O)c1ccc2c(c1)CC(C(=O)O)C2N. The lowest BCUT2D eigenvalue weighted by atomic mass is 10.0. The Kier molecular flexibility index (Phi) is 3.56. The molecule has 1 aliphatic carbocycles. The van der Waals surface area contributed by atoms with E-state index in [1.54, 1.807) is 39.0 Å². The Labute approximate surface area is 117 Å². The van der Waals surface area contributed by atoms with Gasteiger partial charge in [0.15, 0.2) is 0 Å². The Morgan fingerprint density at radius 3 is 2.55 bits per heavy atom. The molecule has 108 valence electrons. The van der Waals surface area contributed by atoms with E-state index in [4.69, 9.17) is 15.6 Å². The van der Waals surface area contributed by atoms with Gasteiger partial charge in [0.2, 0.25) is 0 Å². The highest BCUT2D eigenvalue weighted by Gasteiger charge is 2.35. The number of carbonyl (C=O) groups excluding carboxylic acids is 1. The zero-order chi connectivity index (χ0) is 15.1. The van der Waals surface area contributed by atoms with Crippen molar-refractivity contribution >= 4 is 11.9 Å².